The van der Waals surface area contributed by atoms with Crippen LogP contribution in [0.15, 0.2) is 0 Å². The third-order valence-corrected chi connectivity index (χ3v) is 1.91. The Bertz CT molecular complexity index is 120. The molecule has 2 nitrogen and oxygen atoms in total. The molecule has 0 spiro atoms. The summed E-state index contributed by atoms with van der Waals surface area (Å²) in [4.78, 5) is 10.4. The van der Waals surface area contributed by atoms with Gasteiger partial charge in [-0.2, -0.15) is 0 Å². The Balaban J connectivity index is -0.000000500. The zero-order valence-electron chi connectivity index (χ0n) is 9.47. The van der Waals surface area contributed by atoms with Gasteiger partial charge in [0, 0.05) is 0 Å². The van der Waals surface area contributed by atoms with Crippen molar-refractivity contribution in [1.29, 1.82) is 0 Å². The number of hydrogen-bond donors (Lipinski definition) is 1. The number of carboxylic acid groups (broad SMARTS) is 1. The molecule has 0 aromatic carbocycles. The van der Waals surface area contributed by atoms with E-state index in [0.717, 1.165) is 12.8 Å². The largest absolute Gasteiger partial charge is 1.00 e. The summed E-state index contributed by atoms with van der Waals surface area (Å²) in [6, 6.07) is 0. The maximum atomic E-state index is 10.4. The predicted octanol–water partition coefficient (Wildman–Crippen LogP) is -0.206. The van der Waals surface area contributed by atoms with Crippen molar-refractivity contribution in [2.24, 2.45) is 5.92 Å². The predicted molar refractivity (Wildman–Crippen MR) is 46.7 cm³/mol. The zero-order chi connectivity index (χ0) is 8.69. The summed E-state index contributed by atoms with van der Waals surface area (Å²) in [5, 5.41) is 8.54. The van der Waals surface area contributed by atoms with Crippen LogP contribution in [0, 0.1) is 5.92 Å². The minimum atomic E-state index is -0.665. The Morgan fingerprint density at radius 2 is 2.00 bits per heavy atom. The van der Waals surface area contributed by atoms with Crippen LogP contribution in [0.2, 0.25) is 0 Å². The van der Waals surface area contributed by atoms with Gasteiger partial charge in [-0.05, 0) is 6.42 Å². The van der Waals surface area contributed by atoms with Crippen molar-refractivity contribution >= 4 is 5.97 Å². The topological polar surface area (TPSA) is 37.3 Å². The normalized spacial score (nSPS) is 11.8. The van der Waals surface area contributed by atoms with Crippen molar-refractivity contribution < 1.29 is 62.7 Å². The molecule has 0 aliphatic carbocycles. The van der Waals surface area contributed by atoms with Crippen molar-refractivity contribution in [3.8, 4) is 0 Å². The molecule has 0 aliphatic rings. The quantitative estimate of drug-likeness (QED) is 0.474. The van der Waals surface area contributed by atoms with E-state index in [9.17, 15) is 4.79 Å². The molecule has 0 radical (unpaired) electrons. The van der Waals surface area contributed by atoms with Crippen molar-refractivity contribution in [1.82, 2.24) is 0 Å². The van der Waals surface area contributed by atoms with Gasteiger partial charge in [-0.15, -0.1) is 0 Å². The van der Waals surface area contributed by atoms with E-state index in [4.69, 9.17) is 5.11 Å². The summed E-state index contributed by atoms with van der Waals surface area (Å²) in [6.45, 7) is 3.93. The van der Waals surface area contributed by atoms with Crippen LogP contribution in [0.4, 0.5) is 0 Å². The fraction of sp³-hybridized carbons (Fsp3) is 0.889. The monoisotopic (exact) mass is 198 g/mol. The second-order valence-corrected chi connectivity index (χ2v) is 3.09. The fourth-order valence-corrected chi connectivity index (χ4v) is 1.00. The number of aliphatic carboxylic acids is 1. The summed E-state index contributed by atoms with van der Waals surface area (Å²) < 4.78 is 0. The zero-order valence-corrected chi connectivity index (χ0v) is 11.6. The Morgan fingerprint density at radius 3 is 2.42 bits per heavy atom. The molecule has 0 fully saturated rings. The van der Waals surface area contributed by atoms with Crippen LogP contribution in [0.5, 0.6) is 0 Å². The van der Waals surface area contributed by atoms with Gasteiger partial charge in [-0.1, -0.05) is 39.5 Å². The minimum absolute atomic E-state index is 0. The van der Waals surface area contributed by atoms with Crippen LogP contribution in [-0.4, -0.2) is 11.1 Å². The molecule has 68 valence electrons. The van der Waals surface area contributed by atoms with Gasteiger partial charge in [0.2, 0.25) is 0 Å². The second-order valence-electron chi connectivity index (χ2n) is 3.09. The van der Waals surface area contributed by atoms with E-state index in [0.29, 0.717) is 0 Å². The third-order valence-electron chi connectivity index (χ3n) is 1.91. The maximum Gasteiger partial charge on any atom is 1.00 e. The molecule has 0 bridgehead atoms. The molecule has 1 unspecified atom stereocenters. The van der Waals surface area contributed by atoms with Gasteiger partial charge >= 0.3 is 57.4 Å². The van der Waals surface area contributed by atoms with Crippen LogP contribution in [0.1, 0.15) is 47.4 Å². The number of carboxylic acids is 1. The van der Waals surface area contributed by atoms with Gasteiger partial charge in [-0.25, -0.2) is 0 Å². The summed E-state index contributed by atoms with van der Waals surface area (Å²) in [5.74, 6) is -0.826. The van der Waals surface area contributed by atoms with Crippen LogP contribution in [0.3, 0.4) is 0 Å². The summed E-state index contributed by atoms with van der Waals surface area (Å²) in [6.07, 6.45) is 5.50. The average molecular weight is 198 g/mol. The first-order chi connectivity index (χ1) is 5.18. The summed E-state index contributed by atoms with van der Waals surface area (Å²) >= 11 is 0. The molecule has 1 N–H and O–H groups in total. The van der Waals surface area contributed by atoms with Crippen molar-refractivity contribution in [2.75, 3.05) is 0 Å². The number of carbonyl (C=O) groups is 1. The van der Waals surface area contributed by atoms with Crippen LogP contribution in [0.25, 0.3) is 0 Å². The minimum Gasteiger partial charge on any atom is -1.00 e. The molecule has 0 aliphatic heterocycles. The molecule has 0 saturated heterocycles. The van der Waals surface area contributed by atoms with E-state index in [2.05, 4.69) is 6.92 Å². The summed E-state index contributed by atoms with van der Waals surface area (Å²) in [5.41, 5.74) is 0. The maximum absolute atomic E-state index is 10.4. The first-order valence-corrected chi connectivity index (χ1v) is 4.41. The SMILES string of the molecule is CCCCCCC(C)C(=O)O.[H-].[K+]. The Morgan fingerprint density at radius 1 is 1.42 bits per heavy atom. The number of hydrogen-bond acceptors (Lipinski definition) is 1. The first kappa shape index (κ1) is 15.6. The van der Waals surface area contributed by atoms with Crippen molar-refractivity contribution in [3.63, 3.8) is 0 Å². The van der Waals surface area contributed by atoms with Gasteiger partial charge in [-0.3, -0.25) is 4.79 Å². The van der Waals surface area contributed by atoms with Gasteiger partial charge in [0.05, 0.1) is 5.92 Å². The average Bonchev–Trinajstić information content (AvgIpc) is 1.97. The van der Waals surface area contributed by atoms with Crippen LogP contribution < -0.4 is 51.4 Å². The number of rotatable bonds is 6. The Hall–Kier alpha value is 1.11. The fourth-order valence-electron chi connectivity index (χ4n) is 1.00. The molecule has 0 aromatic rings. The molecular formula is C9H19KO2. The Labute approximate surface area is 119 Å². The standard InChI is InChI=1S/C9H18O2.K.H/c1-3-4-5-6-7-8(2)9(10)11;;/h8H,3-7H2,1-2H3,(H,10,11);;/q;+1;-1. The van der Waals surface area contributed by atoms with E-state index < -0.39 is 5.97 Å². The smallest absolute Gasteiger partial charge is 1.00 e. The molecule has 0 heterocycles. The van der Waals surface area contributed by atoms with Gasteiger partial charge in [0.15, 0.2) is 0 Å². The van der Waals surface area contributed by atoms with Gasteiger partial charge < -0.3 is 6.53 Å². The Kier molecular flexibility index (Phi) is 13.2. The van der Waals surface area contributed by atoms with Crippen LogP contribution >= 0.6 is 0 Å². The van der Waals surface area contributed by atoms with E-state index in [-0.39, 0.29) is 58.7 Å². The molecule has 0 rings (SSSR count). The van der Waals surface area contributed by atoms with Gasteiger partial charge in [0.25, 0.3) is 0 Å². The second kappa shape index (κ2) is 10.2. The van der Waals surface area contributed by atoms with E-state index in [1.807, 2.05) is 0 Å². The molecule has 0 aromatic heterocycles. The first-order valence-electron chi connectivity index (χ1n) is 4.41. The molecule has 12 heavy (non-hydrogen) atoms. The van der Waals surface area contributed by atoms with E-state index in [1.54, 1.807) is 6.92 Å². The summed E-state index contributed by atoms with van der Waals surface area (Å²) in [7, 11) is 0. The van der Waals surface area contributed by atoms with Crippen molar-refractivity contribution in [2.45, 2.75) is 46.0 Å². The molecule has 3 heteroatoms. The van der Waals surface area contributed by atoms with Crippen LogP contribution in [-0.2, 0) is 4.79 Å². The molecular weight excluding hydrogens is 179 g/mol. The van der Waals surface area contributed by atoms with Crippen molar-refractivity contribution in [3.05, 3.63) is 0 Å². The van der Waals surface area contributed by atoms with E-state index in [1.165, 1.54) is 19.3 Å². The third kappa shape index (κ3) is 9.20. The molecule has 1 atom stereocenters. The van der Waals surface area contributed by atoms with Gasteiger partial charge in [0.1, 0.15) is 0 Å². The molecule has 0 amide bonds. The van der Waals surface area contributed by atoms with E-state index >= 15 is 0 Å². The number of unbranched alkanes of at least 4 members (excludes halogenated alkanes) is 3. The molecule has 0 saturated carbocycles.